The summed E-state index contributed by atoms with van der Waals surface area (Å²) in [5, 5.41) is 0. The Morgan fingerprint density at radius 3 is 2.32 bits per heavy atom. The van der Waals surface area contributed by atoms with E-state index in [4.69, 9.17) is 0 Å². The third-order valence-corrected chi connectivity index (χ3v) is 6.11. The minimum Gasteiger partial charge on any atom is -0.280 e. The summed E-state index contributed by atoms with van der Waals surface area (Å²) < 4.78 is 27.6. The molecular formula is C17H19NO2S2. The molecule has 0 amide bonds. The van der Waals surface area contributed by atoms with Crippen LogP contribution < -0.4 is 4.72 Å². The number of sulfonamides is 1. The molecule has 0 saturated carbocycles. The monoisotopic (exact) mass is 333 g/mol. The summed E-state index contributed by atoms with van der Waals surface area (Å²) in [6, 6.07) is 12.8. The standard InChI is InChI=1S/C17H19NO2S2/c1-21-16-8-10-17(11-9-16)22(19,20)18-15-7-6-13-4-2-3-5-14(13)12-15/h6-12,18H,2-5H2,1H3. The first-order chi connectivity index (χ1) is 10.6. The zero-order valence-corrected chi connectivity index (χ0v) is 14.1. The van der Waals surface area contributed by atoms with Crippen LogP contribution in [-0.4, -0.2) is 14.7 Å². The highest BCUT2D eigenvalue weighted by Crippen LogP contribution is 2.26. The van der Waals surface area contributed by atoms with E-state index < -0.39 is 10.0 Å². The second-order valence-corrected chi connectivity index (χ2v) is 8.03. The zero-order chi connectivity index (χ0) is 15.6. The van der Waals surface area contributed by atoms with Crippen LogP contribution in [0.25, 0.3) is 0 Å². The van der Waals surface area contributed by atoms with Crippen LogP contribution in [0.1, 0.15) is 24.0 Å². The minimum absolute atomic E-state index is 0.294. The molecule has 0 atom stereocenters. The maximum absolute atomic E-state index is 12.5. The van der Waals surface area contributed by atoms with E-state index in [0.29, 0.717) is 10.6 Å². The van der Waals surface area contributed by atoms with Gasteiger partial charge in [-0.1, -0.05) is 6.07 Å². The van der Waals surface area contributed by atoms with E-state index in [1.807, 2.05) is 36.6 Å². The summed E-state index contributed by atoms with van der Waals surface area (Å²) in [6.45, 7) is 0. The molecular weight excluding hydrogens is 314 g/mol. The van der Waals surface area contributed by atoms with Gasteiger partial charge in [-0.3, -0.25) is 4.72 Å². The van der Waals surface area contributed by atoms with Gasteiger partial charge in [-0.15, -0.1) is 11.8 Å². The Kier molecular flexibility index (Phi) is 4.45. The molecule has 0 fully saturated rings. The number of thioether (sulfide) groups is 1. The molecule has 0 spiro atoms. The van der Waals surface area contributed by atoms with Gasteiger partial charge in [0.05, 0.1) is 4.90 Å². The van der Waals surface area contributed by atoms with Crippen LogP contribution in [-0.2, 0) is 22.9 Å². The topological polar surface area (TPSA) is 46.2 Å². The normalized spacial score (nSPS) is 14.4. The molecule has 0 heterocycles. The van der Waals surface area contributed by atoms with Gasteiger partial charge in [0, 0.05) is 10.6 Å². The van der Waals surface area contributed by atoms with Crippen molar-refractivity contribution in [3.05, 3.63) is 53.6 Å². The van der Waals surface area contributed by atoms with E-state index in [1.165, 1.54) is 24.0 Å². The Hall–Kier alpha value is -1.46. The van der Waals surface area contributed by atoms with Crippen molar-refractivity contribution in [1.29, 1.82) is 0 Å². The molecule has 0 bridgehead atoms. The van der Waals surface area contributed by atoms with Crippen LogP contribution in [0.3, 0.4) is 0 Å². The number of rotatable bonds is 4. The molecule has 3 rings (SSSR count). The lowest BCUT2D eigenvalue weighted by atomic mass is 9.91. The van der Waals surface area contributed by atoms with E-state index in [0.717, 1.165) is 17.7 Å². The molecule has 1 N–H and O–H groups in total. The van der Waals surface area contributed by atoms with Crippen LogP contribution in [0.4, 0.5) is 5.69 Å². The molecule has 1 aliphatic carbocycles. The van der Waals surface area contributed by atoms with E-state index in [1.54, 1.807) is 23.9 Å². The quantitative estimate of drug-likeness (QED) is 0.857. The minimum atomic E-state index is -3.52. The van der Waals surface area contributed by atoms with E-state index >= 15 is 0 Å². The molecule has 2 aromatic carbocycles. The van der Waals surface area contributed by atoms with Gasteiger partial charge in [-0.05, 0) is 79.5 Å². The number of anilines is 1. The molecule has 22 heavy (non-hydrogen) atoms. The second kappa shape index (κ2) is 6.34. The Bertz CT molecular complexity index is 768. The number of hydrogen-bond acceptors (Lipinski definition) is 3. The van der Waals surface area contributed by atoms with Gasteiger partial charge in [-0.25, -0.2) is 8.42 Å². The van der Waals surface area contributed by atoms with Crippen LogP contribution >= 0.6 is 11.8 Å². The van der Waals surface area contributed by atoms with Crippen molar-refractivity contribution in [2.75, 3.05) is 11.0 Å². The first-order valence-electron chi connectivity index (χ1n) is 7.37. The Morgan fingerprint density at radius 2 is 1.64 bits per heavy atom. The highest BCUT2D eigenvalue weighted by atomic mass is 32.2. The zero-order valence-electron chi connectivity index (χ0n) is 12.5. The smallest absolute Gasteiger partial charge is 0.261 e. The number of benzene rings is 2. The lowest BCUT2D eigenvalue weighted by Crippen LogP contribution is -2.13. The van der Waals surface area contributed by atoms with E-state index in [9.17, 15) is 8.42 Å². The number of aryl methyl sites for hydroxylation is 2. The third kappa shape index (κ3) is 3.31. The molecule has 0 aliphatic heterocycles. The van der Waals surface area contributed by atoms with E-state index in [-0.39, 0.29) is 0 Å². The number of hydrogen-bond donors (Lipinski definition) is 1. The average Bonchev–Trinajstić information content (AvgIpc) is 2.54. The van der Waals surface area contributed by atoms with Crippen molar-refractivity contribution in [3.8, 4) is 0 Å². The number of fused-ring (bicyclic) bond motifs is 1. The van der Waals surface area contributed by atoms with Crippen molar-refractivity contribution in [1.82, 2.24) is 0 Å². The van der Waals surface area contributed by atoms with Crippen LogP contribution in [0, 0.1) is 0 Å². The van der Waals surface area contributed by atoms with Crippen molar-refractivity contribution in [3.63, 3.8) is 0 Å². The maximum atomic E-state index is 12.5. The SMILES string of the molecule is CSc1ccc(S(=O)(=O)Nc2ccc3c(c2)CCCC3)cc1. The summed E-state index contributed by atoms with van der Waals surface area (Å²) >= 11 is 1.59. The van der Waals surface area contributed by atoms with Gasteiger partial charge in [0.25, 0.3) is 10.0 Å². The lowest BCUT2D eigenvalue weighted by molar-refractivity contribution is 0.601. The second-order valence-electron chi connectivity index (χ2n) is 5.47. The van der Waals surface area contributed by atoms with Crippen molar-refractivity contribution < 1.29 is 8.42 Å². The summed E-state index contributed by atoms with van der Waals surface area (Å²) in [6.07, 6.45) is 6.50. The van der Waals surface area contributed by atoms with Gasteiger partial charge in [0.1, 0.15) is 0 Å². The Balaban J connectivity index is 1.84. The highest BCUT2D eigenvalue weighted by Gasteiger charge is 2.16. The summed E-state index contributed by atoms with van der Waals surface area (Å²) in [7, 11) is -3.52. The van der Waals surface area contributed by atoms with Crippen molar-refractivity contribution in [2.45, 2.75) is 35.5 Å². The maximum Gasteiger partial charge on any atom is 0.261 e. The highest BCUT2D eigenvalue weighted by molar-refractivity contribution is 7.98. The fourth-order valence-corrected chi connectivity index (χ4v) is 4.22. The molecule has 0 radical (unpaired) electrons. The largest absolute Gasteiger partial charge is 0.280 e. The van der Waals surface area contributed by atoms with Crippen LogP contribution in [0.5, 0.6) is 0 Å². The molecule has 2 aromatic rings. The van der Waals surface area contributed by atoms with Crippen LogP contribution in [0.15, 0.2) is 52.3 Å². The fourth-order valence-electron chi connectivity index (χ4n) is 2.77. The first kappa shape index (κ1) is 15.4. The van der Waals surface area contributed by atoms with Crippen molar-refractivity contribution in [2.24, 2.45) is 0 Å². The van der Waals surface area contributed by atoms with Crippen molar-refractivity contribution >= 4 is 27.5 Å². The Morgan fingerprint density at radius 1 is 0.955 bits per heavy atom. The molecule has 116 valence electrons. The third-order valence-electron chi connectivity index (χ3n) is 3.97. The summed E-state index contributed by atoms with van der Waals surface area (Å²) in [4.78, 5) is 1.34. The summed E-state index contributed by atoms with van der Waals surface area (Å²) in [5.41, 5.74) is 3.26. The molecule has 1 aliphatic rings. The Labute approximate surface area is 136 Å². The van der Waals surface area contributed by atoms with Gasteiger partial charge in [0.2, 0.25) is 0 Å². The first-order valence-corrected chi connectivity index (χ1v) is 10.1. The molecule has 3 nitrogen and oxygen atoms in total. The average molecular weight is 333 g/mol. The van der Waals surface area contributed by atoms with Gasteiger partial charge in [0.15, 0.2) is 0 Å². The molecule has 0 saturated heterocycles. The van der Waals surface area contributed by atoms with E-state index in [2.05, 4.69) is 4.72 Å². The predicted octanol–water partition coefficient (Wildman–Crippen LogP) is 4.09. The fraction of sp³-hybridized carbons (Fsp3) is 0.294. The van der Waals surface area contributed by atoms with Crippen LogP contribution in [0.2, 0.25) is 0 Å². The summed E-state index contributed by atoms with van der Waals surface area (Å²) in [5.74, 6) is 0. The van der Waals surface area contributed by atoms with Gasteiger partial charge < -0.3 is 0 Å². The predicted molar refractivity (Wildman–Crippen MR) is 92.1 cm³/mol. The van der Waals surface area contributed by atoms with Gasteiger partial charge >= 0.3 is 0 Å². The molecule has 5 heteroatoms. The molecule has 0 unspecified atom stereocenters. The number of nitrogens with one attached hydrogen (secondary N) is 1. The lowest BCUT2D eigenvalue weighted by Gasteiger charge is -2.17. The van der Waals surface area contributed by atoms with Gasteiger partial charge in [-0.2, -0.15) is 0 Å². The molecule has 0 aromatic heterocycles.